The van der Waals surface area contributed by atoms with Crippen molar-refractivity contribution in [2.75, 3.05) is 20.2 Å². The Balaban J connectivity index is 2.35. The van der Waals surface area contributed by atoms with Crippen molar-refractivity contribution in [3.05, 3.63) is 29.1 Å². The average Bonchev–Trinajstić information content (AvgIpc) is 2.75. The first kappa shape index (κ1) is 10.4. The minimum atomic E-state index is -0.170. The van der Waals surface area contributed by atoms with E-state index in [0.717, 1.165) is 25.1 Å². The monoisotopic (exact) mass is 209 g/mol. The summed E-state index contributed by atoms with van der Waals surface area (Å²) >= 11 is 0. The molecule has 1 aliphatic heterocycles. The molecular weight excluding hydrogens is 193 g/mol. The number of methoxy groups -OCH3 is 1. The van der Waals surface area contributed by atoms with Crippen LogP contribution in [-0.2, 0) is 0 Å². The van der Waals surface area contributed by atoms with Crippen LogP contribution in [0.25, 0.3) is 0 Å². The Bertz CT molecular complexity index is 359. The highest BCUT2D eigenvalue weighted by atomic mass is 19.1. The number of nitrogens with one attached hydrogen (secondary N) is 1. The van der Waals surface area contributed by atoms with Gasteiger partial charge in [-0.2, -0.15) is 0 Å². The summed E-state index contributed by atoms with van der Waals surface area (Å²) in [5.41, 5.74) is 1.63. The molecule has 15 heavy (non-hydrogen) atoms. The van der Waals surface area contributed by atoms with Gasteiger partial charge in [-0.15, -0.1) is 0 Å². The summed E-state index contributed by atoms with van der Waals surface area (Å²) in [4.78, 5) is 0. The maximum atomic E-state index is 13.6. The molecule has 82 valence electrons. The molecule has 1 N–H and O–H groups in total. The molecule has 2 nitrogen and oxygen atoms in total. The second-order valence-electron chi connectivity index (χ2n) is 4.02. The molecule has 0 aliphatic carbocycles. The van der Waals surface area contributed by atoms with E-state index in [4.69, 9.17) is 4.74 Å². The van der Waals surface area contributed by atoms with Crippen LogP contribution in [0.4, 0.5) is 4.39 Å². The van der Waals surface area contributed by atoms with Gasteiger partial charge in [0.2, 0.25) is 0 Å². The van der Waals surface area contributed by atoms with Gasteiger partial charge in [0.15, 0.2) is 0 Å². The van der Waals surface area contributed by atoms with Crippen molar-refractivity contribution in [3.8, 4) is 5.75 Å². The minimum absolute atomic E-state index is 0.170. The summed E-state index contributed by atoms with van der Waals surface area (Å²) in [5.74, 6) is 0.905. The van der Waals surface area contributed by atoms with Gasteiger partial charge in [0.05, 0.1) is 7.11 Å². The quantitative estimate of drug-likeness (QED) is 0.806. The molecule has 1 atom stereocenters. The van der Waals surface area contributed by atoms with Crippen molar-refractivity contribution in [3.63, 3.8) is 0 Å². The molecule has 1 aliphatic rings. The minimum Gasteiger partial charge on any atom is -0.496 e. The number of rotatable bonds is 2. The molecule has 1 saturated heterocycles. The highest BCUT2D eigenvalue weighted by Crippen LogP contribution is 2.29. The first-order valence-corrected chi connectivity index (χ1v) is 5.27. The maximum Gasteiger partial charge on any atom is 0.130 e. The van der Waals surface area contributed by atoms with Gasteiger partial charge in [-0.25, -0.2) is 4.39 Å². The summed E-state index contributed by atoms with van der Waals surface area (Å²) in [6, 6.07) is 3.59. The first-order chi connectivity index (χ1) is 7.22. The average molecular weight is 209 g/mol. The molecule has 1 aromatic rings. The van der Waals surface area contributed by atoms with E-state index in [1.165, 1.54) is 0 Å². The van der Waals surface area contributed by atoms with Gasteiger partial charge in [0, 0.05) is 12.1 Å². The van der Waals surface area contributed by atoms with E-state index in [2.05, 4.69) is 5.32 Å². The third kappa shape index (κ3) is 1.97. The normalized spacial score (nSPS) is 20.6. The first-order valence-electron chi connectivity index (χ1n) is 5.27. The third-order valence-corrected chi connectivity index (χ3v) is 3.07. The predicted octanol–water partition coefficient (Wildman–Crippen LogP) is 2.22. The van der Waals surface area contributed by atoms with E-state index in [1.807, 2.05) is 6.07 Å². The van der Waals surface area contributed by atoms with Crippen molar-refractivity contribution in [2.45, 2.75) is 19.3 Å². The zero-order chi connectivity index (χ0) is 10.8. The van der Waals surface area contributed by atoms with Crippen LogP contribution < -0.4 is 10.1 Å². The molecule has 1 unspecified atom stereocenters. The van der Waals surface area contributed by atoms with Crippen LogP contribution in [-0.4, -0.2) is 20.2 Å². The van der Waals surface area contributed by atoms with Gasteiger partial charge < -0.3 is 10.1 Å². The molecule has 0 aromatic heterocycles. The number of halogens is 1. The van der Waals surface area contributed by atoms with E-state index in [0.29, 0.717) is 17.2 Å². The fourth-order valence-corrected chi connectivity index (χ4v) is 2.06. The zero-order valence-corrected chi connectivity index (χ0v) is 9.14. The number of hydrogen-bond donors (Lipinski definition) is 1. The molecule has 0 radical (unpaired) electrons. The lowest BCUT2D eigenvalue weighted by Gasteiger charge is -2.13. The van der Waals surface area contributed by atoms with Gasteiger partial charge in [-0.1, -0.05) is 0 Å². The second kappa shape index (κ2) is 4.19. The van der Waals surface area contributed by atoms with Crippen LogP contribution in [0.5, 0.6) is 5.75 Å². The van der Waals surface area contributed by atoms with Crippen LogP contribution in [0, 0.1) is 12.7 Å². The topological polar surface area (TPSA) is 21.3 Å². The number of ether oxygens (including phenoxy) is 1. The van der Waals surface area contributed by atoms with E-state index in [1.54, 1.807) is 20.1 Å². The second-order valence-corrected chi connectivity index (χ2v) is 4.02. The fraction of sp³-hybridized carbons (Fsp3) is 0.500. The van der Waals surface area contributed by atoms with Crippen LogP contribution >= 0.6 is 0 Å². The molecule has 1 heterocycles. The van der Waals surface area contributed by atoms with Gasteiger partial charge in [-0.05, 0) is 43.5 Å². The molecule has 1 aromatic carbocycles. The van der Waals surface area contributed by atoms with Gasteiger partial charge in [0.1, 0.15) is 11.6 Å². The van der Waals surface area contributed by atoms with Crippen molar-refractivity contribution >= 4 is 0 Å². The molecular formula is C12H16FNO. The Morgan fingerprint density at radius 1 is 1.47 bits per heavy atom. The highest BCUT2D eigenvalue weighted by molar-refractivity contribution is 5.39. The Hall–Kier alpha value is -1.09. The molecule has 1 fully saturated rings. The number of benzene rings is 1. The smallest absolute Gasteiger partial charge is 0.130 e. The standard InChI is InChI=1S/C12H16FNO/c1-8-11(13)5-10(6-12(8)15-2)9-3-4-14-7-9/h5-6,9,14H,3-4,7H2,1-2H3. The van der Waals surface area contributed by atoms with Crippen LogP contribution in [0.1, 0.15) is 23.5 Å². The van der Waals surface area contributed by atoms with Gasteiger partial charge >= 0.3 is 0 Å². The maximum absolute atomic E-state index is 13.6. The molecule has 2 rings (SSSR count). The van der Waals surface area contributed by atoms with Crippen LogP contribution in [0.15, 0.2) is 12.1 Å². The van der Waals surface area contributed by atoms with E-state index in [9.17, 15) is 4.39 Å². The largest absolute Gasteiger partial charge is 0.496 e. The van der Waals surface area contributed by atoms with Crippen molar-refractivity contribution < 1.29 is 9.13 Å². The van der Waals surface area contributed by atoms with Crippen molar-refractivity contribution in [2.24, 2.45) is 0 Å². The molecule has 0 saturated carbocycles. The third-order valence-electron chi connectivity index (χ3n) is 3.07. The van der Waals surface area contributed by atoms with E-state index in [-0.39, 0.29) is 5.82 Å². The predicted molar refractivity (Wildman–Crippen MR) is 57.9 cm³/mol. The summed E-state index contributed by atoms with van der Waals surface area (Å²) in [6.07, 6.45) is 1.08. The van der Waals surface area contributed by atoms with Crippen LogP contribution in [0.2, 0.25) is 0 Å². The van der Waals surface area contributed by atoms with Gasteiger partial charge in [-0.3, -0.25) is 0 Å². The molecule has 0 bridgehead atoms. The van der Waals surface area contributed by atoms with Gasteiger partial charge in [0.25, 0.3) is 0 Å². The van der Waals surface area contributed by atoms with Crippen LogP contribution in [0.3, 0.4) is 0 Å². The van der Waals surface area contributed by atoms with E-state index < -0.39 is 0 Å². The fourth-order valence-electron chi connectivity index (χ4n) is 2.06. The summed E-state index contributed by atoms with van der Waals surface area (Å²) < 4.78 is 18.7. The summed E-state index contributed by atoms with van der Waals surface area (Å²) in [7, 11) is 1.58. The Labute approximate surface area is 89.4 Å². The highest BCUT2D eigenvalue weighted by Gasteiger charge is 2.19. The lowest BCUT2D eigenvalue weighted by Crippen LogP contribution is -2.08. The zero-order valence-electron chi connectivity index (χ0n) is 9.14. The summed E-state index contributed by atoms with van der Waals surface area (Å²) in [5, 5.41) is 3.28. The molecule has 0 amide bonds. The van der Waals surface area contributed by atoms with E-state index >= 15 is 0 Å². The Morgan fingerprint density at radius 2 is 2.27 bits per heavy atom. The van der Waals surface area contributed by atoms with Crippen molar-refractivity contribution in [1.29, 1.82) is 0 Å². The summed E-state index contributed by atoms with van der Waals surface area (Å²) in [6.45, 7) is 3.69. The Kier molecular flexibility index (Phi) is 2.91. The SMILES string of the molecule is COc1cc(C2CCNC2)cc(F)c1C. The molecule has 3 heteroatoms. The van der Waals surface area contributed by atoms with Crippen molar-refractivity contribution in [1.82, 2.24) is 5.32 Å². The lowest BCUT2D eigenvalue weighted by molar-refractivity contribution is 0.406. The lowest BCUT2D eigenvalue weighted by atomic mass is 9.96. The number of hydrogen-bond acceptors (Lipinski definition) is 2. The molecule has 0 spiro atoms. The Morgan fingerprint density at radius 3 is 2.87 bits per heavy atom.